The Hall–Kier alpha value is -1.73. The van der Waals surface area contributed by atoms with Crippen LogP contribution in [0.4, 0.5) is 0 Å². The summed E-state index contributed by atoms with van der Waals surface area (Å²) in [6, 6.07) is 1.60. The molecule has 2 rings (SSSR count). The van der Waals surface area contributed by atoms with Crippen molar-refractivity contribution in [1.82, 2.24) is 15.0 Å². The summed E-state index contributed by atoms with van der Waals surface area (Å²) in [4.78, 5) is 23.5. The van der Waals surface area contributed by atoms with Crippen LogP contribution in [0, 0.1) is 0 Å². The molecule has 0 aromatic carbocycles. The molecule has 2 aromatic rings. The van der Waals surface area contributed by atoms with Crippen LogP contribution in [0.25, 0.3) is 11.0 Å². The van der Waals surface area contributed by atoms with Crippen molar-refractivity contribution in [1.29, 1.82) is 0 Å². The molecule has 0 amide bonds. The van der Waals surface area contributed by atoms with Gasteiger partial charge in [0.05, 0.1) is 12.2 Å². The predicted molar refractivity (Wildman–Crippen MR) is 65.6 cm³/mol. The summed E-state index contributed by atoms with van der Waals surface area (Å²) in [5, 5.41) is 0.827. The SMILES string of the molecule is CCOC(=O)c1cnc2nc([S+](C)[O-])ncc2c1. The number of fused-ring (bicyclic) bond motifs is 1. The number of hydrogen-bond donors (Lipinski definition) is 0. The third kappa shape index (κ3) is 2.57. The van der Waals surface area contributed by atoms with Gasteiger partial charge in [-0.05, 0) is 13.0 Å². The molecule has 0 aliphatic heterocycles. The summed E-state index contributed by atoms with van der Waals surface area (Å²) < 4.78 is 16.1. The van der Waals surface area contributed by atoms with E-state index in [2.05, 4.69) is 15.0 Å². The first-order chi connectivity index (χ1) is 8.61. The molecule has 2 heterocycles. The fourth-order valence-corrected chi connectivity index (χ4v) is 1.79. The summed E-state index contributed by atoms with van der Waals surface area (Å²) in [6.07, 6.45) is 4.37. The normalized spacial score (nSPS) is 12.4. The van der Waals surface area contributed by atoms with Crippen LogP contribution in [0.5, 0.6) is 0 Å². The highest BCUT2D eigenvalue weighted by atomic mass is 32.2. The molecule has 0 aliphatic rings. The van der Waals surface area contributed by atoms with E-state index in [0.29, 0.717) is 23.2 Å². The maximum absolute atomic E-state index is 11.5. The van der Waals surface area contributed by atoms with Gasteiger partial charge in [-0.2, -0.15) is 9.97 Å². The van der Waals surface area contributed by atoms with Crippen molar-refractivity contribution in [2.45, 2.75) is 12.1 Å². The molecular weight excluding hydrogens is 254 g/mol. The molecule has 0 radical (unpaired) electrons. The van der Waals surface area contributed by atoms with Crippen LogP contribution >= 0.6 is 0 Å². The number of nitrogens with zero attached hydrogens (tertiary/aromatic N) is 3. The maximum Gasteiger partial charge on any atom is 0.344 e. The van der Waals surface area contributed by atoms with Crippen molar-refractivity contribution in [3.8, 4) is 0 Å². The second-order valence-corrected chi connectivity index (χ2v) is 4.74. The van der Waals surface area contributed by atoms with Gasteiger partial charge in [-0.1, -0.05) is 0 Å². The van der Waals surface area contributed by atoms with Gasteiger partial charge in [0.25, 0.3) is 0 Å². The van der Waals surface area contributed by atoms with E-state index in [9.17, 15) is 9.35 Å². The van der Waals surface area contributed by atoms with E-state index in [1.807, 2.05) is 0 Å². The zero-order valence-corrected chi connectivity index (χ0v) is 10.7. The van der Waals surface area contributed by atoms with Crippen molar-refractivity contribution in [3.63, 3.8) is 0 Å². The highest BCUT2D eigenvalue weighted by Crippen LogP contribution is 2.13. The molecule has 0 spiro atoms. The monoisotopic (exact) mass is 265 g/mol. The zero-order valence-electron chi connectivity index (χ0n) is 9.91. The van der Waals surface area contributed by atoms with Crippen molar-refractivity contribution in [2.75, 3.05) is 12.9 Å². The molecule has 0 N–H and O–H groups in total. The van der Waals surface area contributed by atoms with E-state index >= 15 is 0 Å². The number of aromatic nitrogens is 3. The quantitative estimate of drug-likeness (QED) is 0.466. The summed E-state index contributed by atoms with van der Waals surface area (Å²) in [7, 11) is 0. The van der Waals surface area contributed by atoms with Crippen molar-refractivity contribution < 1.29 is 14.1 Å². The average Bonchev–Trinajstić information content (AvgIpc) is 2.37. The molecule has 7 heteroatoms. The molecule has 1 unspecified atom stereocenters. The van der Waals surface area contributed by atoms with Crippen LogP contribution in [0.2, 0.25) is 0 Å². The molecule has 0 saturated heterocycles. The first-order valence-electron chi connectivity index (χ1n) is 5.25. The first kappa shape index (κ1) is 12.7. The van der Waals surface area contributed by atoms with Gasteiger partial charge in [-0.3, -0.25) is 0 Å². The van der Waals surface area contributed by atoms with E-state index in [4.69, 9.17) is 4.74 Å². The number of esters is 1. The highest BCUT2D eigenvalue weighted by Gasteiger charge is 2.12. The number of carbonyl (C=O) groups excluding carboxylic acids is 1. The molecule has 6 nitrogen and oxygen atoms in total. The van der Waals surface area contributed by atoms with E-state index in [0.717, 1.165) is 0 Å². The number of rotatable bonds is 3. The second-order valence-electron chi connectivity index (χ2n) is 3.46. The Morgan fingerprint density at radius 3 is 2.89 bits per heavy atom. The predicted octanol–water partition coefficient (Wildman–Crippen LogP) is 0.939. The van der Waals surface area contributed by atoms with Gasteiger partial charge in [0.2, 0.25) is 0 Å². The third-order valence-electron chi connectivity index (χ3n) is 2.18. The van der Waals surface area contributed by atoms with Crippen LogP contribution in [0.1, 0.15) is 17.3 Å². The Morgan fingerprint density at radius 1 is 1.44 bits per heavy atom. The summed E-state index contributed by atoms with van der Waals surface area (Å²) >= 11 is -1.26. The highest BCUT2D eigenvalue weighted by molar-refractivity contribution is 7.90. The molecular formula is C11H11N3O3S. The largest absolute Gasteiger partial charge is 0.609 e. The molecule has 18 heavy (non-hydrogen) atoms. The minimum atomic E-state index is -1.26. The van der Waals surface area contributed by atoms with Gasteiger partial charge in [0.15, 0.2) is 5.65 Å². The Kier molecular flexibility index (Phi) is 3.73. The number of carbonyl (C=O) groups is 1. The summed E-state index contributed by atoms with van der Waals surface area (Å²) in [5.74, 6) is -0.435. The lowest BCUT2D eigenvalue weighted by Crippen LogP contribution is -2.07. The lowest BCUT2D eigenvalue weighted by molar-refractivity contribution is 0.0526. The summed E-state index contributed by atoms with van der Waals surface area (Å²) in [6.45, 7) is 2.04. The van der Waals surface area contributed by atoms with E-state index < -0.39 is 17.1 Å². The Balaban J connectivity index is 2.41. The van der Waals surface area contributed by atoms with Crippen LogP contribution < -0.4 is 0 Å². The van der Waals surface area contributed by atoms with Crippen LogP contribution in [-0.4, -0.2) is 38.3 Å². The Bertz CT molecular complexity index is 589. The molecule has 0 saturated carbocycles. The molecule has 0 fully saturated rings. The maximum atomic E-state index is 11.5. The topological polar surface area (TPSA) is 88.0 Å². The average molecular weight is 265 g/mol. The number of pyridine rings is 1. The van der Waals surface area contributed by atoms with Crippen LogP contribution in [0.15, 0.2) is 23.6 Å². The minimum Gasteiger partial charge on any atom is -0.609 e. The molecule has 94 valence electrons. The van der Waals surface area contributed by atoms with Gasteiger partial charge in [0, 0.05) is 29.0 Å². The van der Waals surface area contributed by atoms with Gasteiger partial charge in [-0.25, -0.2) is 9.78 Å². The van der Waals surface area contributed by atoms with Crippen molar-refractivity contribution >= 4 is 28.2 Å². The lowest BCUT2D eigenvalue weighted by atomic mass is 10.2. The zero-order chi connectivity index (χ0) is 13.1. The molecule has 1 atom stereocenters. The Labute approximate surface area is 107 Å². The number of hydrogen-bond acceptors (Lipinski definition) is 6. The van der Waals surface area contributed by atoms with E-state index in [1.54, 1.807) is 13.0 Å². The van der Waals surface area contributed by atoms with Crippen LogP contribution in [0.3, 0.4) is 0 Å². The second kappa shape index (κ2) is 5.28. The van der Waals surface area contributed by atoms with E-state index in [-0.39, 0.29) is 5.16 Å². The number of ether oxygens (including phenoxy) is 1. The molecule has 0 aliphatic carbocycles. The molecule has 0 bridgehead atoms. The van der Waals surface area contributed by atoms with Crippen LogP contribution in [-0.2, 0) is 15.9 Å². The fraction of sp³-hybridized carbons (Fsp3) is 0.273. The standard InChI is InChI=1S/C11H11N3O3S/c1-3-17-10(15)8-4-7-5-13-11(18(2)16)14-9(7)12-6-8/h4-6H,3H2,1-2H3. The van der Waals surface area contributed by atoms with Crippen molar-refractivity contribution in [2.24, 2.45) is 0 Å². The van der Waals surface area contributed by atoms with Gasteiger partial charge in [0.1, 0.15) is 6.26 Å². The van der Waals surface area contributed by atoms with Gasteiger partial charge < -0.3 is 9.29 Å². The first-order valence-corrected chi connectivity index (χ1v) is 6.81. The van der Waals surface area contributed by atoms with Gasteiger partial charge >= 0.3 is 11.1 Å². The minimum absolute atomic E-state index is 0.221. The van der Waals surface area contributed by atoms with E-state index in [1.165, 1.54) is 18.6 Å². The van der Waals surface area contributed by atoms with Gasteiger partial charge in [-0.15, -0.1) is 0 Å². The van der Waals surface area contributed by atoms with Crippen molar-refractivity contribution in [3.05, 3.63) is 24.0 Å². The third-order valence-corrected chi connectivity index (χ3v) is 2.89. The lowest BCUT2D eigenvalue weighted by Gasteiger charge is -2.04. The fourth-order valence-electron chi connectivity index (χ4n) is 1.37. The molecule has 2 aromatic heterocycles. The summed E-state index contributed by atoms with van der Waals surface area (Å²) in [5.41, 5.74) is 0.751. The Morgan fingerprint density at radius 2 is 2.22 bits per heavy atom. The smallest absolute Gasteiger partial charge is 0.344 e.